The summed E-state index contributed by atoms with van der Waals surface area (Å²) in [5.74, 6) is 0. The molecular formula is C17H27NO. The van der Waals surface area contributed by atoms with Crippen LogP contribution in [0, 0.1) is 12.3 Å². The van der Waals surface area contributed by atoms with E-state index in [-0.39, 0.29) is 5.41 Å². The van der Waals surface area contributed by atoms with E-state index in [2.05, 4.69) is 43.1 Å². The predicted octanol–water partition coefficient (Wildman–Crippen LogP) is 3.76. The third-order valence-corrected chi connectivity index (χ3v) is 4.55. The lowest BCUT2D eigenvalue weighted by Gasteiger charge is -2.36. The molecule has 0 unspecified atom stereocenters. The first-order chi connectivity index (χ1) is 9.15. The van der Waals surface area contributed by atoms with E-state index in [0.29, 0.717) is 6.61 Å². The molecule has 1 N–H and O–H groups in total. The Kier molecular flexibility index (Phi) is 4.87. The van der Waals surface area contributed by atoms with Crippen molar-refractivity contribution in [3.05, 3.63) is 29.8 Å². The highest BCUT2D eigenvalue weighted by Crippen LogP contribution is 2.36. The summed E-state index contributed by atoms with van der Waals surface area (Å²) in [7, 11) is 2.15. The lowest BCUT2D eigenvalue weighted by Crippen LogP contribution is -2.38. The minimum Gasteiger partial charge on any atom is -0.396 e. The fraction of sp³-hybridized carbons (Fsp3) is 0.647. The van der Waals surface area contributed by atoms with Gasteiger partial charge in [-0.05, 0) is 31.9 Å². The van der Waals surface area contributed by atoms with Gasteiger partial charge in [0.15, 0.2) is 0 Å². The molecule has 0 atom stereocenters. The molecular weight excluding hydrogens is 234 g/mol. The van der Waals surface area contributed by atoms with Crippen molar-refractivity contribution < 1.29 is 5.11 Å². The van der Waals surface area contributed by atoms with E-state index < -0.39 is 0 Å². The van der Waals surface area contributed by atoms with Crippen molar-refractivity contribution in [3.63, 3.8) is 0 Å². The number of hydrogen-bond donors (Lipinski definition) is 1. The van der Waals surface area contributed by atoms with E-state index in [0.717, 1.165) is 6.54 Å². The van der Waals surface area contributed by atoms with Gasteiger partial charge in [-0.1, -0.05) is 43.4 Å². The zero-order chi connectivity index (χ0) is 13.7. The van der Waals surface area contributed by atoms with Crippen LogP contribution in [0.1, 0.15) is 44.1 Å². The molecule has 19 heavy (non-hydrogen) atoms. The summed E-state index contributed by atoms with van der Waals surface area (Å²) in [6.07, 6.45) is 7.52. The Labute approximate surface area is 117 Å². The smallest absolute Gasteiger partial charge is 0.0504 e. The maximum atomic E-state index is 9.88. The monoisotopic (exact) mass is 261 g/mol. The van der Waals surface area contributed by atoms with Gasteiger partial charge in [-0.3, -0.25) is 0 Å². The molecule has 1 saturated carbocycles. The Bertz CT molecular complexity index is 377. The number of aryl methyl sites for hydroxylation is 1. The number of aliphatic hydroxyl groups excluding tert-OH is 1. The fourth-order valence-electron chi connectivity index (χ4n) is 3.24. The van der Waals surface area contributed by atoms with E-state index in [4.69, 9.17) is 0 Å². The van der Waals surface area contributed by atoms with E-state index in [1.165, 1.54) is 49.8 Å². The first-order valence-electron chi connectivity index (χ1n) is 7.54. The van der Waals surface area contributed by atoms with Crippen molar-refractivity contribution in [3.8, 4) is 0 Å². The molecule has 0 amide bonds. The van der Waals surface area contributed by atoms with Gasteiger partial charge in [-0.25, -0.2) is 0 Å². The quantitative estimate of drug-likeness (QED) is 0.834. The summed E-state index contributed by atoms with van der Waals surface area (Å²) in [5.41, 5.74) is 2.65. The zero-order valence-corrected chi connectivity index (χ0v) is 12.4. The van der Waals surface area contributed by atoms with E-state index in [9.17, 15) is 5.11 Å². The van der Waals surface area contributed by atoms with E-state index in [1.54, 1.807) is 0 Å². The van der Waals surface area contributed by atoms with Crippen molar-refractivity contribution >= 4 is 5.69 Å². The molecule has 2 nitrogen and oxygen atoms in total. The van der Waals surface area contributed by atoms with Gasteiger partial charge < -0.3 is 10.0 Å². The maximum absolute atomic E-state index is 9.88. The predicted molar refractivity (Wildman–Crippen MR) is 81.7 cm³/mol. The van der Waals surface area contributed by atoms with Crippen LogP contribution in [0.5, 0.6) is 0 Å². The minimum absolute atomic E-state index is 0.107. The normalized spacial score (nSPS) is 18.9. The van der Waals surface area contributed by atoms with Gasteiger partial charge in [0, 0.05) is 24.7 Å². The third kappa shape index (κ3) is 3.73. The highest BCUT2D eigenvalue weighted by molar-refractivity contribution is 5.46. The molecule has 106 valence electrons. The lowest BCUT2D eigenvalue weighted by atomic mass is 9.80. The highest BCUT2D eigenvalue weighted by atomic mass is 16.3. The second kappa shape index (κ2) is 6.42. The Morgan fingerprint density at radius 3 is 2.16 bits per heavy atom. The Morgan fingerprint density at radius 2 is 1.63 bits per heavy atom. The van der Waals surface area contributed by atoms with Crippen molar-refractivity contribution in [1.82, 2.24) is 0 Å². The molecule has 1 aliphatic carbocycles. The fourth-order valence-corrected chi connectivity index (χ4v) is 3.24. The molecule has 1 fully saturated rings. The number of benzene rings is 1. The Morgan fingerprint density at radius 1 is 1.05 bits per heavy atom. The van der Waals surface area contributed by atoms with Crippen molar-refractivity contribution in [2.24, 2.45) is 5.41 Å². The molecule has 0 bridgehead atoms. The van der Waals surface area contributed by atoms with Crippen molar-refractivity contribution in [2.75, 3.05) is 25.1 Å². The third-order valence-electron chi connectivity index (χ3n) is 4.55. The molecule has 1 aliphatic rings. The van der Waals surface area contributed by atoms with Crippen LogP contribution >= 0.6 is 0 Å². The summed E-state index contributed by atoms with van der Waals surface area (Å²) in [6, 6.07) is 8.67. The first kappa shape index (κ1) is 14.4. The van der Waals surface area contributed by atoms with Crippen LogP contribution in [0.15, 0.2) is 24.3 Å². The molecule has 0 radical (unpaired) electrons. The second-order valence-corrected chi connectivity index (χ2v) is 6.26. The molecule has 2 rings (SSSR count). The molecule has 0 aliphatic heterocycles. The Balaban J connectivity index is 2.06. The van der Waals surface area contributed by atoms with Crippen LogP contribution in [0.3, 0.4) is 0 Å². The van der Waals surface area contributed by atoms with Crippen LogP contribution in [0.2, 0.25) is 0 Å². The first-order valence-corrected chi connectivity index (χ1v) is 7.54. The average Bonchev–Trinajstić information content (AvgIpc) is 2.65. The van der Waals surface area contributed by atoms with Crippen LogP contribution in [0.4, 0.5) is 5.69 Å². The minimum atomic E-state index is 0.107. The molecule has 0 aromatic heterocycles. The zero-order valence-electron chi connectivity index (χ0n) is 12.4. The van der Waals surface area contributed by atoms with Gasteiger partial charge in [0.1, 0.15) is 0 Å². The van der Waals surface area contributed by atoms with Gasteiger partial charge in [-0.15, -0.1) is 0 Å². The largest absolute Gasteiger partial charge is 0.396 e. The maximum Gasteiger partial charge on any atom is 0.0504 e. The molecule has 1 aromatic rings. The summed E-state index contributed by atoms with van der Waals surface area (Å²) < 4.78 is 0. The van der Waals surface area contributed by atoms with E-state index >= 15 is 0 Å². The van der Waals surface area contributed by atoms with Gasteiger partial charge in [0.2, 0.25) is 0 Å². The summed E-state index contributed by atoms with van der Waals surface area (Å²) in [4.78, 5) is 2.31. The van der Waals surface area contributed by atoms with Crippen molar-refractivity contribution in [1.29, 1.82) is 0 Å². The van der Waals surface area contributed by atoms with Crippen LogP contribution < -0.4 is 4.90 Å². The van der Waals surface area contributed by atoms with Crippen LogP contribution in [-0.4, -0.2) is 25.3 Å². The number of hydrogen-bond acceptors (Lipinski definition) is 2. The van der Waals surface area contributed by atoms with Crippen LogP contribution in [-0.2, 0) is 0 Å². The highest BCUT2D eigenvalue weighted by Gasteiger charge is 2.31. The van der Waals surface area contributed by atoms with E-state index in [1.807, 2.05) is 0 Å². The topological polar surface area (TPSA) is 23.5 Å². The second-order valence-electron chi connectivity index (χ2n) is 6.26. The summed E-state index contributed by atoms with van der Waals surface area (Å²) in [5, 5.41) is 9.88. The van der Waals surface area contributed by atoms with Gasteiger partial charge >= 0.3 is 0 Å². The number of aliphatic hydroxyl groups is 1. The molecule has 0 spiro atoms. The summed E-state index contributed by atoms with van der Waals surface area (Å²) >= 11 is 0. The van der Waals surface area contributed by atoms with Crippen molar-refractivity contribution in [2.45, 2.75) is 45.4 Å². The van der Waals surface area contributed by atoms with Gasteiger partial charge in [-0.2, -0.15) is 0 Å². The van der Waals surface area contributed by atoms with Gasteiger partial charge in [0.25, 0.3) is 0 Å². The molecule has 2 heteroatoms. The molecule has 1 aromatic carbocycles. The molecule has 0 saturated heterocycles. The standard InChI is InChI=1S/C17H27NO/c1-15-7-9-16(10-8-15)18(2)13-17(14-19)11-5-3-4-6-12-17/h7-10,19H,3-6,11-14H2,1-2H3. The average molecular weight is 261 g/mol. The number of rotatable bonds is 4. The molecule has 0 heterocycles. The number of anilines is 1. The summed E-state index contributed by atoms with van der Waals surface area (Å²) in [6.45, 7) is 3.40. The lowest BCUT2D eigenvalue weighted by molar-refractivity contribution is 0.113. The van der Waals surface area contributed by atoms with Gasteiger partial charge in [0.05, 0.1) is 6.61 Å². The number of nitrogens with zero attached hydrogens (tertiary/aromatic N) is 1. The Hall–Kier alpha value is -1.02. The van der Waals surface area contributed by atoms with Crippen LogP contribution in [0.25, 0.3) is 0 Å². The SMILES string of the molecule is Cc1ccc(N(C)CC2(CO)CCCCCC2)cc1.